The Balaban J connectivity index is 0.00000544. The van der Waals surface area contributed by atoms with Gasteiger partial charge in [0.25, 0.3) is 5.91 Å². The smallest absolute Gasteiger partial charge is 0.259 e. The number of nitrogens with zero attached hydrogens (tertiary/aromatic N) is 2. The van der Waals surface area contributed by atoms with E-state index in [9.17, 15) is 4.79 Å². The van der Waals surface area contributed by atoms with E-state index in [4.69, 9.17) is 9.47 Å². The summed E-state index contributed by atoms with van der Waals surface area (Å²) in [4.78, 5) is 17.9. The van der Waals surface area contributed by atoms with Gasteiger partial charge in [0.05, 0.1) is 19.8 Å². The Morgan fingerprint density at radius 3 is 2.48 bits per heavy atom. The molecule has 0 aliphatic carbocycles. The molecular weight excluding hydrogens is 531 g/mol. The Hall–Kier alpha value is -2.33. The zero-order valence-electron chi connectivity index (χ0n) is 20.0. The van der Waals surface area contributed by atoms with E-state index in [1.54, 1.807) is 14.1 Å². The van der Waals surface area contributed by atoms with Gasteiger partial charge in [-0.1, -0.05) is 49.4 Å². The summed E-state index contributed by atoms with van der Waals surface area (Å²) in [5, 5.41) is 6.66. The van der Waals surface area contributed by atoms with Crippen LogP contribution in [0.4, 0.5) is 0 Å². The van der Waals surface area contributed by atoms with Gasteiger partial charge in [-0.25, -0.2) is 4.99 Å². The largest absolute Gasteiger partial charge is 0.484 e. The number of carbonyl (C=O) groups is 1. The molecule has 2 N–H and O–H groups in total. The number of carbonyl (C=O) groups excluding carboxylic acids is 1. The lowest BCUT2D eigenvalue weighted by atomic mass is 10.2. The maximum absolute atomic E-state index is 11.7. The Kier molecular flexibility index (Phi) is 14.2. The van der Waals surface area contributed by atoms with Gasteiger partial charge in [-0.3, -0.25) is 4.79 Å². The molecule has 2 aromatic rings. The summed E-state index contributed by atoms with van der Waals surface area (Å²) < 4.78 is 11.4. The minimum absolute atomic E-state index is 0. The molecule has 0 fully saturated rings. The number of hydrogen-bond acceptors (Lipinski definition) is 4. The highest BCUT2D eigenvalue weighted by Crippen LogP contribution is 2.14. The first-order valence-electron chi connectivity index (χ1n) is 11.0. The van der Waals surface area contributed by atoms with Crippen LogP contribution in [-0.4, -0.2) is 57.2 Å². The van der Waals surface area contributed by atoms with Crippen LogP contribution in [0.1, 0.15) is 25.0 Å². The molecule has 0 aromatic heterocycles. The molecule has 0 aliphatic rings. The van der Waals surface area contributed by atoms with Gasteiger partial charge in [-0.15, -0.1) is 24.0 Å². The lowest BCUT2D eigenvalue weighted by Gasteiger charge is -2.16. The van der Waals surface area contributed by atoms with Crippen LogP contribution in [0.5, 0.6) is 5.75 Å². The fourth-order valence-corrected chi connectivity index (χ4v) is 2.80. The molecule has 1 amide bonds. The minimum atomic E-state index is -0.0751. The van der Waals surface area contributed by atoms with Crippen molar-refractivity contribution in [2.24, 2.45) is 10.9 Å². The predicted octanol–water partition coefficient (Wildman–Crippen LogP) is 3.68. The standard InChI is InChI=1S/C25H36N4O3.HI/c1-5-26-25(27-15-20(2)17-31-18-21-10-7-6-8-11-21)28-16-22-12-9-13-23(14-22)32-19-24(30)29(3)4;/h6-14,20H,5,15-19H2,1-4H3,(H2,26,27,28);1H. The van der Waals surface area contributed by atoms with E-state index in [0.717, 1.165) is 24.6 Å². The van der Waals surface area contributed by atoms with Crippen LogP contribution >= 0.6 is 24.0 Å². The summed E-state index contributed by atoms with van der Waals surface area (Å²) in [6, 6.07) is 17.8. The molecular formula is C25H37IN4O3. The summed E-state index contributed by atoms with van der Waals surface area (Å²) in [5.74, 6) is 1.69. The van der Waals surface area contributed by atoms with E-state index in [0.29, 0.717) is 31.4 Å². The number of amides is 1. The van der Waals surface area contributed by atoms with Gasteiger partial charge >= 0.3 is 0 Å². The maximum Gasteiger partial charge on any atom is 0.259 e. The third kappa shape index (κ3) is 11.9. The molecule has 2 rings (SSSR count). The van der Waals surface area contributed by atoms with Crippen LogP contribution < -0.4 is 15.4 Å². The molecule has 8 heteroatoms. The van der Waals surface area contributed by atoms with Crippen LogP contribution in [0.2, 0.25) is 0 Å². The van der Waals surface area contributed by atoms with E-state index in [-0.39, 0.29) is 36.5 Å². The van der Waals surface area contributed by atoms with Crippen LogP contribution in [0.25, 0.3) is 0 Å². The molecule has 182 valence electrons. The van der Waals surface area contributed by atoms with Crippen molar-refractivity contribution in [1.29, 1.82) is 0 Å². The Morgan fingerprint density at radius 2 is 1.79 bits per heavy atom. The molecule has 0 saturated heterocycles. The summed E-state index contributed by atoms with van der Waals surface area (Å²) in [6.07, 6.45) is 0. The number of aliphatic imine (C=N–C) groups is 1. The Morgan fingerprint density at radius 1 is 1.06 bits per heavy atom. The van der Waals surface area contributed by atoms with E-state index < -0.39 is 0 Å². The number of nitrogens with one attached hydrogen (secondary N) is 2. The summed E-state index contributed by atoms with van der Waals surface area (Å²) in [7, 11) is 3.42. The number of likely N-dealkylation sites (N-methyl/N-ethyl adjacent to an activating group) is 1. The lowest BCUT2D eigenvalue weighted by molar-refractivity contribution is -0.130. The molecule has 0 radical (unpaired) electrons. The lowest BCUT2D eigenvalue weighted by Crippen LogP contribution is -2.40. The van der Waals surface area contributed by atoms with Gasteiger partial charge < -0.3 is 25.0 Å². The molecule has 1 unspecified atom stereocenters. The zero-order chi connectivity index (χ0) is 23.2. The van der Waals surface area contributed by atoms with Crippen LogP contribution in [0.15, 0.2) is 59.6 Å². The fourth-order valence-electron chi connectivity index (χ4n) is 2.80. The molecule has 0 spiro atoms. The normalized spacial score (nSPS) is 11.8. The second-order valence-electron chi connectivity index (χ2n) is 7.91. The maximum atomic E-state index is 11.7. The second-order valence-corrected chi connectivity index (χ2v) is 7.91. The first-order chi connectivity index (χ1) is 15.5. The van der Waals surface area contributed by atoms with Crippen molar-refractivity contribution in [3.63, 3.8) is 0 Å². The molecule has 1 atom stereocenters. The molecule has 2 aromatic carbocycles. The highest BCUT2D eigenvalue weighted by atomic mass is 127. The number of benzene rings is 2. The third-order valence-electron chi connectivity index (χ3n) is 4.66. The van der Waals surface area contributed by atoms with Gasteiger partial charge in [0, 0.05) is 27.2 Å². The molecule has 7 nitrogen and oxygen atoms in total. The van der Waals surface area contributed by atoms with Crippen molar-refractivity contribution in [3.05, 3.63) is 65.7 Å². The highest BCUT2D eigenvalue weighted by Gasteiger charge is 2.07. The number of rotatable bonds is 12. The number of halogens is 1. The van der Waals surface area contributed by atoms with Crippen molar-refractivity contribution < 1.29 is 14.3 Å². The first kappa shape index (κ1) is 28.7. The number of ether oxygens (including phenoxy) is 2. The van der Waals surface area contributed by atoms with Gasteiger partial charge in [-0.05, 0) is 36.1 Å². The van der Waals surface area contributed by atoms with Gasteiger partial charge in [0.15, 0.2) is 12.6 Å². The molecule has 0 aliphatic heterocycles. The molecule has 33 heavy (non-hydrogen) atoms. The number of guanidine groups is 1. The van der Waals surface area contributed by atoms with Gasteiger partial charge in [-0.2, -0.15) is 0 Å². The van der Waals surface area contributed by atoms with Crippen LogP contribution in [0.3, 0.4) is 0 Å². The van der Waals surface area contributed by atoms with E-state index in [2.05, 4.69) is 34.7 Å². The van der Waals surface area contributed by atoms with Gasteiger partial charge in [0.2, 0.25) is 0 Å². The van der Waals surface area contributed by atoms with Crippen LogP contribution in [0, 0.1) is 5.92 Å². The summed E-state index contributed by atoms with van der Waals surface area (Å²) >= 11 is 0. The van der Waals surface area contributed by atoms with Crippen LogP contribution in [-0.2, 0) is 22.7 Å². The second kappa shape index (κ2) is 16.3. The fraction of sp³-hybridized carbons (Fsp3) is 0.440. The predicted molar refractivity (Wildman–Crippen MR) is 144 cm³/mol. The van der Waals surface area contributed by atoms with Crippen molar-refractivity contribution in [2.75, 3.05) is 40.4 Å². The molecule has 0 bridgehead atoms. The Bertz CT molecular complexity index is 847. The Labute approximate surface area is 215 Å². The topological polar surface area (TPSA) is 75.2 Å². The summed E-state index contributed by atoms with van der Waals surface area (Å²) in [6.45, 7) is 7.56. The minimum Gasteiger partial charge on any atom is -0.484 e. The monoisotopic (exact) mass is 568 g/mol. The van der Waals surface area contributed by atoms with Gasteiger partial charge in [0.1, 0.15) is 5.75 Å². The van der Waals surface area contributed by atoms with E-state index in [1.807, 2.05) is 49.4 Å². The van der Waals surface area contributed by atoms with E-state index >= 15 is 0 Å². The summed E-state index contributed by atoms with van der Waals surface area (Å²) in [5.41, 5.74) is 2.19. The zero-order valence-corrected chi connectivity index (χ0v) is 22.4. The average Bonchev–Trinajstić information content (AvgIpc) is 2.80. The van der Waals surface area contributed by atoms with E-state index in [1.165, 1.54) is 10.5 Å². The molecule has 0 heterocycles. The van der Waals surface area contributed by atoms with Crippen molar-refractivity contribution >= 4 is 35.8 Å². The van der Waals surface area contributed by atoms with Crippen molar-refractivity contribution in [1.82, 2.24) is 15.5 Å². The first-order valence-corrected chi connectivity index (χ1v) is 11.0. The number of hydrogen-bond donors (Lipinski definition) is 2. The van der Waals surface area contributed by atoms with Crippen molar-refractivity contribution in [3.8, 4) is 5.75 Å². The van der Waals surface area contributed by atoms with Crippen molar-refractivity contribution in [2.45, 2.75) is 27.0 Å². The third-order valence-corrected chi connectivity index (χ3v) is 4.66. The highest BCUT2D eigenvalue weighted by molar-refractivity contribution is 14.0. The quantitative estimate of drug-likeness (QED) is 0.232. The SMILES string of the molecule is CCNC(=NCc1cccc(OCC(=O)N(C)C)c1)NCC(C)COCc1ccccc1.I. The average molecular weight is 569 g/mol. The molecule has 0 saturated carbocycles.